The van der Waals surface area contributed by atoms with Crippen LogP contribution in [0.3, 0.4) is 0 Å². The minimum absolute atomic E-state index is 0.218. The van der Waals surface area contributed by atoms with Crippen LogP contribution in [0.25, 0.3) is 0 Å². The van der Waals surface area contributed by atoms with Crippen molar-refractivity contribution in [3.63, 3.8) is 0 Å². The van der Waals surface area contributed by atoms with Crippen LogP contribution in [0.15, 0.2) is 18.2 Å². The predicted octanol–water partition coefficient (Wildman–Crippen LogP) is 3.89. The molecule has 0 bridgehead atoms. The Kier molecular flexibility index (Phi) is 3.59. The molecule has 0 spiro atoms. The Hall–Kier alpha value is -1.39. The molecule has 0 amide bonds. The van der Waals surface area contributed by atoms with E-state index >= 15 is 0 Å². The molecule has 1 aromatic rings. The Labute approximate surface area is 98.3 Å². The normalized spacial score (nSPS) is 12.4. The third kappa shape index (κ3) is 3.54. The quantitative estimate of drug-likeness (QED) is 0.790. The van der Waals surface area contributed by atoms with Crippen molar-refractivity contribution < 1.29 is 22.6 Å². The maximum absolute atomic E-state index is 12.3. The van der Waals surface area contributed by atoms with Gasteiger partial charge >= 0.3 is 6.36 Å². The zero-order chi connectivity index (χ0) is 13.3. The molecule has 0 atom stereocenters. The summed E-state index contributed by atoms with van der Waals surface area (Å²) in [6, 6.07) is 4.37. The van der Waals surface area contributed by atoms with E-state index in [1.165, 1.54) is 19.2 Å². The second kappa shape index (κ2) is 4.47. The molecule has 0 aliphatic carbocycles. The van der Waals surface area contributed by atoms with Crippen LogP contribution in [0.1, 0.15) is 26.3 Å². The summed E-state index contributed by atoms with van der Waals surface area (Å²) in [5.41, 5.74) is -0.104. The molecule has 2 nitrogen and oxygen atoms in total. The average Bonchev–Trinajstić information content (AvgIpc) is 2.12. The van der Waals surface area contributed by atoms with Gasteiger partial charge in [-0.1, -0.05) is 26.8 Å². The third-order valence-electron chi connectivity index (χ3n) is 2.18. The van der Waals surface area contributed by atoms with Gasteiger partial charge in [0.1, 0.15) is 11.5 Å². The second-order valence-electron chi connectivity index (χ2n) is 4.63. The number of methoxy groups -OCH3 is 1. The van der Waals surface area contributed by atoms with Gasteiger partial charge in [0, 0.05) is 5.56 Å². The Bertz CT molecular complexity index is 392. The molecule has 5 heteroatoms. The minimum Gasteiger partial charge on any atom is -0.496 e. The first-order chi connectivity index (χ1) is 7.65. The van der Waals surface area contributed by atoms with Gasteiger partial charge in [-0.25, -0.2) is 0 Å². The van der Waals surface area contributed by atoms with Gasteiger partial charge in [-0.05, 0) is 17.5 Å². The van der Waals surface area contributed by atoms with Crippen LogP contribution >= 0.6 is 0 Å². The molecule has 0 aromatic heterocycles. The lowest BCUT2D eigenvalue weighted by Crippen LogP contribution is -2.22. The maximum atomic E-state index is 12.3. The Morgan fingerprint density at radius 3 is 1.94 bits per heavy atom. The number of hydrogen-bond donors (Lipinski definition) is 0. The van der Waals surface area contributed by atoms with Gasteiger partial charge in [0.05, 0.1) is 7.11 Å². The van der Waals surface area contributed by atoms with E-state index in [2.05, 4.69) is 4.74 Å². The molecular formula is C12H15F3O2. The van der Waals surface area contributed by atoms with Gasteiger partial charge in [0.2, 0.25) is 0 Å². The highest BCUT2D eigenvalue weighted by Gasteiger charge is 2.34. The van der Waals surface area contributed by atoms with Crippen molar-refractivity contribution in [3.8, 4) is 11.5 Å². The van der Waals surface area contributed by atoms with E-state index in [4.69, 9.17) is 4.74 Å². The first-order valence-corrected chi connectivity index (χ1v) is 5.08. The molecule has 0 N–H and O–H groups in total. The summed E-state index contributed by atoms with van der Waals surface area (Å²) in [7, 11) is 1.42. The molecule has 0 fully saturated rings. The van der Waals surface area contributed by atoms with Gasteiger partial charge in [-0.2, -0.15) is 0 Å². The van der Waals surface area contributed by atoms with Crippen LogP contribution in [0.2, 0.25) is 0 Å². The van der Waals surface area contributed by atoms with Crippen LogP contribution in [0.4, 0.5) is 13.2 Å². The van der Waals surface area contributed by atoms with Gasteiger partial charge in [0.25, 0.3) is 0 Å². The fourth-order valence-corrected chi connectivity index (χ4v) is 1.63. The molecule has 0 radical (unpaired) electrons. The highest BCUT2D eigenvalue weighted by atomic mass is 19.4. The molecule has 1 rings (SSSR count). The van der Waals surface area contributed by atoms with Crippen LogP contribution in [-0.2, 0) is 5.41 Å². The number of halogens is 3. The van der Waals surface area contributed by atoms with Gasteiger partial charge < -0.3 is 9.47 Å². The van der Waals surface area contributed by atoms with Crippen molar-refractivity contribution in [2.75, 3.05) is 7.11 Å². The highest BCUT2D eigenvalue weighted by Crippen LogP contribution is 2.40. The Morgan fingerprint density at radius 2 is 1.53 bits per heavy atom. The first kappa shape index (κ1) is 13.7. The van der Waals surface area contributed by atoms with Gasteiger partial charge in [0.15, 0.2) is 0 Å². The van der Waals surface area contributed by atoms with Crippen LogP contribution in [-0.4, -0.2) is 13.5 Å². The summed E-state index contributed by atoms with van der Waals surface area (Å²) in [5.74, 6) is 0.170. The lowest BCUT2D eigenvalue weighted by Gasteiger charge is -2.25. The highest BCUT2D eigenvalue weighted by molar-refractivity contribution is 5.49. The predicted molar refractivity (Wildman–Crippen MR) is 58.4 cm³/mol. The maximum Gasteiger partial charge on any atom is 0.573 e. The summed E-state index contributed by atoms with van der Waals surface area (Å²) in [6.07, 6.45) is -4.70. The summed E-state index contributed by atoms with van der Waals surface area (Å²) in [6.45, 7) is 5.40. The van der Waals surface area contributed by atoms with Crippen molar-refractivity contribution >= 4 is 0 Å². The smallest absolute Gasteiger partial charge is 0.496 e. The average molecular weight is 248 g/mol. The van der Waals surface area contributed by atoms with Crippen molar-refractivity contribution in [1.29, 1.82) is 0 Å². The first-order valence-electron chi connectivity index (χ1n) is 5.08. The summed E-state index contributed by atoms with van der Waals surface area (Å²) in [5, 5.41) is 0. The largest absolute Gasteiger partial charge is 0.573 e. The molecule has 0 aliphatic heterocycles. The Balaban J connectivity index is 3.30. The zero-order valence-electron chi connectivity index (χ0n) is 10.2. The molecule has 0 saturated carbocycles. The molecule has 0 heterocycles. The van der Waals surface area contributed by atoms with Crippen molar-refractivity contribution in [2.45, 2.75) is 32.5 Å². The fraction of sp³-hybridized carbons (Fsp3) is 0.500. The fourth-order valence-electron chi connectivity index (χ4n) is 1.63. The Morgan fingerprint density at radius 1 is 1.00 bits per heavy atom. The SMILES string of the molecule is COc1cccc(OC(F)(F)F)c1C(C)(C)C. The summed E-state index contributed by atoms with van der Waals surface area (Å²) in [4.78, 5) is 0. The standard InChI is InChI=1S/C12H15F3O2/c1-11(2,3)10-8(16-4)6-5-7-9(10)17-12(13,14)15/h5-7H,1-4H3. The van der Waals surface area contributed by atoms with Crippen LogP contribution in [0.5, 0.6) is 11.5 Å². The number of benzene rings is 1. The van der Waals surface area contributed by atoms with Gasteiger partial charge in [-0.3, -0.25) is 0 Å². The summed E-state index contributed by atoms with van der Waals surface area (Å²) < 4.78 is 45.9. The molecule has 0 aliphatic rings. The van der Waals surface area contributed by atoms with Crippen molar-refractivity contribution in [2.24, 2.45) is 0 Å². The van der Waals surface area contributed by atoms with E-state index in [0.717, 1.165) is 0 Å². The number of rotatable bonds is 2. The van der Waals surface area contributed by atoms with Crippen molar-refractivity contribution in [3.05, 3.63) is 23.8 Å². The molecular weight excluding hydrogens is 233 g/mol. The van der Waals surface area contributed by atoms with E-state index in [0.29, 0.717) is 11.3 Å². The van der Waals surface area contributed by atoms with E-state index < -0.39 is 11.8 Å². The van der Waals surface area contributed by atoms with Crippen LogP contribution in [0, 0.1) is 0 Å². The number of ether oxygens (including phenoxy) is 2. The van der Waals surface area contributed by atoms with Crippen molar-refractivity contribution in [1.82, 2.24) is 0 Å². The van der Waals surface area contributed by atoms with E-state index in [9.17, 15) is 13.2 Å². The monoisotopic (exact) mass is 248 g/mol. The van der Waals surface area contributed by atoms with Gasteiger partial charge in [-0.15, -0.1) is 13.2 Å². The molecule has 96 valence electrons. The van der Waals surface area contributed by atoms with E-state index in [1.807, 2.05) is 0 Å². The molecule has 0 saturated heterocycles. The topological polar surface area (TPSA) is 18.5 Å². The second-order valence-corrected chi connectivity index (χ2v) is 4.63. The third-order valence-corrected chi connectivity index (χ3v) is 2.18. The lowest BCUT2D eigenvalue weighted by atomic mass is 9.85. The van der Waals surface area contributed by atoms with E-state index in [-0.39, 0.29) is 5.75 Å². The zero-order valence-corrected chi connectivity index (χ0v) is 10.2. The lowest BCUT2D eigenvalue weighted by molar-refractivity contribution is -0.275. The molecule has 17 heavy (non-hydrogen) atoms. The number of hydrogen-bond acceptors (Lipinski definition) is 2. The molecule has 1 aromatic carbocycles. The molecule has 0 unspecified atom stereocenters. The van der Waals surface area contributed by atoms with E-state index in [1.54, 1.807) is 26.8 Å². The minimum atomic E-state index is -4.70. The summed E-state index contributed by atoms with van der Waals surface area (Å²) >= 11 is 0. The van der Waals surface area contributed by atoms with Crippen LogP contribution < -0.4 is 9.47 Å². The number of alkyl halides is 3.